The van der Waals surface area contributed by atoms with Gasteiger partial charge in [0.05, 0.1) is 0 Å². The van der Waals surface area contributed by atoms with Crippen molar-refractivity contribution in [2.45, 2.75) is 38.8 Å². The second-order valence-corrected chi connectivity index (χ2v) is 5.61. The second kappa shape index (κ2) is 5.28. The van der Waals surface area contributed by atoms with Gasteiger partial charge in [-0.05, 0) is 47.8 Å². The largest absolute Gasteiger partial charge is 0.315 e. The lowest BCUT2D eigenvalue weighted by atomic mass is 9.97. The minimum absolute atomic E-state index is 0.332. The first-order chi connectivity index (χ1) is 6.93. The molecule has 0 aliphatic carbocycles. The molecule has 1 fully saturated rings. The lowest BCUT2D eigenvalue weighted by Crippen LogP contribution is -2.51. The zero-order chi connectivity index (χ0) is 11.5. The van der Waals surface area contributed by atoms with Gasteiger partial charge in [0.25, 0.3) is 0 Å². The quantitative estimate of drug-likeness (QED) is 0.755. The van der Waals surface area contributed by atoms with Crippen LogP contribution in [-0.2, 0) is 0 Å². The molecule has 3 heteroatoms. The van der Waals surface area contributed by atoms with Crippen molar-refractivity contribution in [1.82, 2.24) is 15.1 Å². The third kappa shape index (κ3) is 3.74. The van der Waals surface area contributed by atoms with Crippen LogP contribution >= 0.6 is 0 Å². The highest BCUT2D eigenvalue weighted by molar-refractivity contribution is 4.89. The first kappa shape index (κ1) is 12.9. The Morgan fingerprint density at radius 1 is 1.40 bits per heavy atom. The Morgan fingerprint density at radius 3 is 2.67 bits per heavy atom. The molecule has 1 aliphatic rings. The van der Waals surface area contributed by atoms with Crippen LogP contribution in [0.1, 0.15) is 27.2 Å². The molecule has 0 amide bonds. The molecule has 0 aromatic rings. The summed E-state index contributed by atoms with van der Waals surface area (Å²) < 4.78 is 0. The molecular formula is C12H27N3. The molecule has 1 atom stereocenters. The molecule has 0 aromatic heterocycles. The summed E-state index contributed by atoms with van der Waals surface area (Å²) in [6, 6.07) is 0.641. The fraction of sp³-hybridized carbons (Fsp3) is 1.00. The van der Waals surface area contributed by atoms with E-state index >= 15 is 0 Å². The van der Waals surface area contributed by atoms with Crippen molar-refractivity contribution in [3.05, 3.63) is 0 Å². The van der Waals surface area contributed by atoms with E-state index in [1.165, 1.54) is 13.0 Å². The standard InChI is InChI=1S/C12H27N3/c1-11-10-13-7-6-12(2,3)15(11)9-8-14(4)5/h11,13H,6-10H2,1-5H3. The van der Waals surface area contributed by atoms with Crippen LogP contribution in [0.2, 0.25) is 0 Å². The van der Waals surface area contributed by atoms with Crippen molar-refractivity contribution in [3.63, 3.8) is 0 Å². The lowest BCUT2D eigenvalue weighted by molar-refractivity contribution is 0.0779. The molecule has 0 bridgehead atoms. The fourth-order valence-electron chi connectivity index (χ4n) is 2.39. The van der Waals surface area contributed by atoms with Gasteiger partial charge in [-0.1, -0.05) is 0 Å². The minimum atomic E-state index is 0.332. The summed E-state index contributed by atoms with van der Waals surface area (Å²) in [4.78, 5) is 4.91. The SMILES string of the molecule is CC1CNCCC(C)(C)N1CCN(C)C. The van der Waals surface area contributed by atoms with Crippen LogP contribution in [0.15, 0.2) is 0 Å². The highest BCUT2D eigenvalue weighted by atomic mass is 15.3. The average Bonchev–Trinajstić information content (AvgIpc) is 2.22. The van der Waals surface area contributed by atoms with E-state index in [4.69, 9.17) is 0 Å². The first-order valence-corrected chi connectivity index (χ1v) is 6.05. The van der Waals surface area contributed by atoms with Gasteiger partial charge in [-0.15, -0.1) is 0 Å². The summed E-state index contributed by atoms with van der Waals surface area (Å²) in [5, 5.41) is 3.51. The van der Waals surface area contributed by atoms with Gasteiger partial charge in [-0.3, -0.25) is 4.90 Å². The second-order valence-electron chi connectivity index (χ2n) is 5.61. The molecule has 1 rings (SSSR count). The maximum Gasteiger partial charge on any atom is 0.0198 e. The normalized spacial score (nSPS) is 28.0. The Balaban J connectivity index is 2.60. The van der Waals surface area contributed by atoms with Gasteiger partial charge >= 0.3 is 0 Å². The van der Waals surface area contributed by atoms with Crippen molar-refractivity contribution in [2.75, 3.05) is 40.3 Å². The van der Waals surface area contributed by atoms with E-state index in [1.807, 2.05) is 0 Å². The van der Waals surface area contributed by atoms with Crippen LogP contribution in [0.25, 0.3) is 0 Å². The van der Waals surface area contributed by atoms with Gasteiger partial charge in [-0.25, -0.2) is 0 Å². The number of hydrogen-bond donors (Lipinski definition) is 1. The fourth-order valence-corrected chi connectivity index (χ4v) is 2.39. The Kier molecular flexibility index (Phi) is 4.56. The van der Waals surface area contributed by atoms with Gasteiger partial charge in [0.15, 0.2) is 0 Å². The van der Waals surface area contributed by atoms with Crippen LogP contribution in [0.4, 0.5) is 0 Å². The predicted molar refractivity (Wildman–Crippen MR) is 66.3 cm³/mol. The van der Waals surface area contributed by atoms with Gasteiger partial charge < -0.3 is 10.2 Å². The third-order valence-electron chi connectivity index (χ3n) is 3.45. The van der Waals surface area contributed by atoms with Gasteiger partial charge in [0, 0.05) is 31.2 Å². The van der Waals surface area contributed by atoms with Crippen LogP contribution in [0.5, 0.6) is 0 Å². The summed E-state index contributed by atoms with van der Waals surface area (Å²) in [5.74, 6) is 0. The molecule has 1 heterocycles. The molecule has 15 heavy (non-hydrogen) atoms. The summed E-state index contributed by atoms with van der Waals surface area (Å²) in [7, 11) is 4.29. The van der Waals surface area contributed by atoms with Crippen molar-refractivity contribution in [2.24, 2.45) is 0 Å². The number of hydrogen-bond acceptors (Lipinski definition) is 3. The molecule has 1 saturated heterocycles. The van der Waals surface area contributed by atoms with Crippen LogP contribution in [0, 0.1) is 0 Å². The molecular weight excluding hydrogens is 186 g/mol. The Bertz CT molecular complexity index is 189. The topological polar surface area (TPSA) is 18.5 Å². The van der Waals surface area contributed by atoms with Gasteiger partial charge in [0.1, 0.15) is 0 Å². The predicted octanol–water partition coefficient (Wildman–Crippen LogP) is 1.01. The zero-order valence-corrected chi connectivity index (χ0v) is 11.0. The van der Waals surface area contributed by atoms with E-state index < -0.39 is 0 Å². The lowest BCUT2D eigenvalue weighted by Gasteiger charge is -2.41. The molecule has 0 aromatic carbocycles. The van der Waals surface area contributed by atoms with E-state index in [2.05, 4.69) is 50.0 Å². The van der Waals surface area contributed by atoms with Gasteiger partial charge in [0.2, 0.25) is 0 Å². The number of likely N-dealkylation sites (N-methyl/N-ethyl adjacent to an activating group) is 1. The van der Waals surface area contributed by atoms with Crippen LogP contribution in [-0.4, -0.2) is 61.7 Å². The van der Waals surface area contributed by atoms with Crippen molar-refractivity contribution < 1.29 is 0 Å². The molecule has 0 radical (unpaired) electrons. The average molecular weight is 213 g/mol. The molecule has 1 aliphatic heterocycles. The van der Waals surface area contributed by atoms with E-state index in [1.54, 1.807) is 0 Å². The third-order valence-corrected chi connectivity index (χ3v) is 3.45. The monoisotopic (exact) mass is 213 g/mol. The van der Waals surface area contributed by atoms with E-state index in [0.717, 1.165) is 19.6 Å². The number of nitrogens with zero attached hydrogens (tertiary/aromatic N) is 2. The smallest absolute Gasteiger partial charge is 0.0198 e. The summed E-state index contributed by atoms with van der Waals surface area (Å²) in [6.07, 6.45) is 1.24. The van der Waals surface area contributed by atoms with E-state index in [9.17, 15) is 0 Å². The Morgan fingerprint density at radius 2 is 2.07 bits per heavy atom. The maximum absolute atomic E-state index is 3.51. The molecule has 1 N–H and O–H groups in total. The van der Waals surface area contributed by atoms with E-state index in [0.29, 0.717) is 11.6 Å². The minimum Gasteiger partial charge on any atom is -0.315 e. The van der Waals surface area contributed by atoms with Crippen LogP contribution < -0.4 is 5.32 Å². The molecule has 1 unspecified atom stereocenters. The molecule has 0 spiro atoms. The Labute approximate surface area is 94.8 Å². The zero-order valence-electron chi connectivity index (χ0n) is 11.0. The highest BCUT2D eigenvalue weighted by Crippen LogP contribution is 2.22. The maximum atomic E-state index is 3.51. The van der Waals surface area contributed by atoms with Crippen LogP contribution in [0.3, 0.4) is 0 Å². The summed E-state index contributed by atoms with van der Waals surface area (Å²) in [6.45, 7) is 11.7. The number of rotatable bonds is 3. The summed E-state index contributed by atoms with van der Waals surface area (Å²) in [5.41, 5.74) is 0.332. The first-order valence-electron chi connectivity index (χ1n) is 6.05. The number of nitrogens with one attached hydrogen (secondary N) is 1. The Hall–Kier alpha value is -0.120. The molecule has 3 nitrogen and oxygen atoms in total. The van der Waals surface area contributed by atoms with Gasteiger partial charge in [-0.2, -0.15) is 0 Å². The van der Waals surface area contributed by atoms with Crippen molar-refractivity contribution >= 4 is 0 Å². The highest BCUT2D eigenvalue weighted by Gasteiger charge is 2.31. The summed E-state index contributed by atoms with van der Waals surface area (Å²) >= 11 is 0. The molecule has 0 saturated carbocycles. The molecule has 90 valence electrons. The van der Waals surface area contributed by atoms with Crippen molar-refractivity contribution in [3.8, 4) is 0 Å². The van der Waals surface area contributed by atoms with E-state index in [-0.39, 0.29) is 0 Å². The van der Waals surface area contributed by atoms with Crippen molar-refractivity contribution in [1.29, 1.82) is 0 Å².